The number of aromatic amines is 1. The van der Waals surface area contributed by atoms with E-state index < -0.39 is 41.7 Å². The zero-order valence-electron chi connectivity index (χ0n) is 13.4. The van der Waals surface area contributed by atoms with Crippen molar-refractivity contribution < 1.29 is 24.5 Å². The molecule has 1 unspecified atom stereocenters. The van der Waals surface area contributed by atoms with Crippen molar-refractivity contribution in [3.63, 3.8) is 0 Å². The number of fused-ring (bicyclic) bond motifs is 2. The molecule has 1 saturated heterocycles. The van der Waals surface area contributed by atoms with Gasteiger partial charge in [-0.15, -0.1) is 0 Å². The minimum absolute atomic E-state index is 0.0275. The first-order chi connectivity index (χ1) is 12.3. The third-order valence-electron chi connectivity index (χ3n) is 4.82. The minimum atomic E-state index is -1.58. The second-order valence-electron chi connectivity index (χ2n) is 6.30. The summed E-state index contributed by atoms with van der Waals surface area (Å²) in [5, 5.41) is 18.9. The molecule has 26 heavy (non-hydrogen) atoms. The molecule has 1 aliphatic carbocycles. The predicted molar refractivity (Wildman–Crippen MR) is 86.4 cm³/mol. The monoisotopic (exact) mass is 361 g/mol. The fourth-order valence-electron chi connectivity index (χ4n) is 3.83. The number of carboxylic acids is 2. The van der Waals surface area contributed by atoms with Gasteiger partial charge in [0.05, 0.1) is 24.9 Å². The van der Waals surface area contributed by atoms with Crippen molar-refractivity contribution in [2.75, 3.05) is 5.73 Å². The number of nitrogens with two attached hydrogens (primary N) is 1. The summed E-state index contributed by atoms with van der Waals surface area (Å²) in [6.45, 7) is 0. The van der Waals surface area contributed by atoms with Crippen LogP contribution in [0.25, 0.3) is 11.2 Å². The molecular weight excluding hydrogens is 346 g/mol. The van der Waals surface area contributed by atoms with Crippen molar-refractivity contribution in [3.05, 3.63) is 28.3 Å². The number of aliphatic carboxylic acids is 2. The van der Waals surface area contributed by atoms with E-state index in [-0.39, 0.29) is 23.5 Å². The van der Waals surface area contributed by atoms with Crippen LogP contribution in [-0.4, -0.2) is 53.4 Å². The second-order valence-corrected chi connectivity index (χ2v) is 6.30. The molecule has 1 fully saturated rings. The molecule has 2 aliphatic rings. The van der Waals surface area contributed by atoms with Crippen molar-refractivity contribution in [1.29, 1.82) is 0 Å². The predicted octanol–water partition coefficient (Wildman–Crippen LogP) is -0.340. The molecule has 5 N–H and O–H groups in total. The molecule has 4 rings (SSSR count). The van der Waals surface area contributed by atoms with Crippen LogP contribution in [-0.2, 0) is 14.3 Å². The van der Waals surface area contributed by atoms with E-state index in [0.29, 0.717) is 12.0 Å². The number of carbonyl (C=O) groups is 2. The van der Waals surface area contributed by atoms with Crippen LogP contribution >= 0.6 is 0 Å². The minimum Gasteiger partial charge on any atom is -0.481 e. The lowest BCUT2D eigenvalue weighted by atomic mass is 9.91. The van der Waals surface area contributed by atoms with E-state index in [0.717, 1.165) is 0 Å². The van der Waals surface area contributed by atoms with Crippen LogP contribution < -0.4 is 11.3 Å². The van der Waals surface area contributed by atoms with Crippen molar-refractivity contribution in [2.24, 2.45) is 0 Å². The molecule has 3 heterocycles. The van der Waals surface area contributed by atoms with Gasteiger partial charge in [0, 0.05) is 0 Å². The molecule has 0 spiro atoms. The summed E-state index contributed by atoms with van der Waals surface area (Å²) in [6.07, 6.45) is 2.41. The lowest BCUT2D eigenvalue weighted by Crippen LogP contribution is -2.38. The average Bonchev–Trinajstić information content (AvgIpc) is 3.19. The maximum atomic E-state index is 12.0. The van der Waals surface area contributed by atoms with Gasteiger partial charge in [0.1, 0.15) is 0 Å². The molecule has 0 saturated carbocycles. The Morgan fingerprint density at radius 1 is 1.46 bits per heavy atom. The van der Waals surface area contributed by atoms with Crippen molar-refractivity contribution in [2.45, 2.75) is 37.0 Å². The highest BCUT2D eigenvalue weighted by Crippen LogP contribution is 2.51. The van der Waals surface area contributed by atoms with Crippen LogP contribution in [0.3, 0.4) is 0 Å². The highest BCUT2D eigenvalue weighted by Gasteiger charge is 2.58. The summed E-state index contributed by atoms with van der Waals surface area (Å²) < 4.78 is 7.22. The molecule has 136 valence electrons. The van der Waals surface area contributed by atoms with Crippen LogP contribution in [0.2, 0.25) is 0 Å². The quantitative estimate of drug-likeness (QED) is 0.531. The highest BCUT2D eigenvalue weighted by atomic mass is 16.5. The molecule has 11 nitrogen and oxygen atoms in total. The van der Waals surface area contributed by atoms with Gasteiger partial charge in [0.15, 0.2) is 16.8 Å². The van der Waals surface area contributed by atoms with Crippen LogP contribution in [0.1, 0.15) is 25.3 Å². The fraction of sp³-hybridized carbons (Fsp3) is 0.400. The van der Waals surface area contributed by atoms with Gasteiger partial charge in [-0.25, -0.2) is 9.78 Å². The first-order valence-electron chi connectivity index (χ1n) is 7.89. The van der Waals surface area contributed by atoms with Gasteiger partial charge in [0.2, 0.25) is 5.95 Å². The highest BCUT2D eigenvalue weighted by molar-refractivity contribution is 5.84. The van der Waals surface area contributed by atoms with Crippen LogP contribution in [0.5, 0.6) is 0 Å². The number of carboxylic acid groups (broad SMARTS) is 2. The Kier molecular flexibility index (Phi) is 3.37. The molecule has 0 bridgehead atoms. The number of nitrogen functional groups attached to an aromatic ring is 1. The third kappa shape index (κ3) is 2.13. The number of nitrogens with zero attached hydrogens (tertiary/aromatic N) is 3. The largest absolute Gasteiger partial charge is 0.481 e. The zero-order chi connectivity index (χ0) is 18.6. The third-order valence-corrected chi connectivity index (χ3v) is 4.82. The number of hydrogen-bond donors (Lipinski definition) is 4. The van der Waals surface area contributed by atoms with Gasteiger partial charge in [-0.2, -0.15) is 4.98 Å². The number of nitrogens with one attached hydrogen (secondary N) is 1. The Morgan fingerprint density at radius 3 is 2.92 bits per heavy atom. The summed E-state index contributed by atoms with van der Waals surface area (Å²) in [5.74, 6) is -2.42. The van der Waals surface area contributed by atoms with E-state index in [1.54, 1.807) is 6.08 Å². The molecule has 3 atom stereocenters. The van der Waals surface area contributed by atoms with Crippen LogP contribution in [0.15, 0.2) is 22.8 Å². The summed E-state index contributed by atoms with van der Waals surface area (Å²) >= 11 is 0. The van der Waals surface area contributed by atoms with E-state index in [9.17, 15) is 24.6 Å². The van der Waals surface area contributed by atoms with Gasteiger partial charge in [-0.05, 0) is 18.4 Å². The first-order valence-corrected chi connectivity index (χ1v) is 7.89. The van der Waals surface area contributed by atoms with Crippen molar-refractivity contribution in [3.8, 4) is 0 Å². The summed E-state index contributed by atoms with van der Waals surface area (Å²) in [7, 11) is 0. The Bertz CT molecular complexity index is 1020. The lowest BCUT2D eigenvalue weighted by molar-refractivity contribution is -0.163. The van der Waals surface area contributed by atoms with E-state index >= 15 is 0 Å². The molecular formula is C15H15N5O6. The van der Waals surface area contributed by atoms with Crippen LogP contribution in [0.4, 0.5) is 5.95 Å². The van der Waals surface area contributed by atoms with Crippen molar-refractivity contribution >= 4 is 29.1 Å². The van der Waals surface area contributed by atoms with E-state index in [2.05, 4.69) is 15.0 Å². The van der Waals surface area contributed by atoms with Gasteiger partial charge < -0.3 is 25.3 Å². The maximum Gasteiger partial charge on any atom is 0.340 e. The second kappa shape index (κ2) is 5.39. The summed E-state index contributed by atoms with van der Waals surface area (Å²) in [6, 6.07) is -0.761. The number of rotatable bonds is 4. The lowest BCUT2D eigenvalue weighted by Gasteiger charge is -2.21. The summed E-state index contributed by atoms with van der Waals surface area (Å²) in [4.78, 5) is 45.6. The zero-order valence-corrected chi connectivity index (χ0v) is 13.4. The maximum absolute atomic E-state index is 12.0. The number of imidazole rings is 1. The smallest absolute Gasteiger partial charge is 0.340 e. The number of aromatic nitrogens is 4. The SMILES string of the molecule is Nc1nc2c(ncn2C2C3=CCC[C@@]3(C(=O)O)O[C@@H]2CC(=O)O)c(=O)[nH]1. The summed E-state index contributed by atoms with van der Waals surface area (Å²) in [5.41, 5.74) is 4.10. The number of allylic oxidation sites excluding steroid dienone is 1. The molecule has 0 radical (unpaired) electrons. The van der Waals surface area contributed by atoms with E-state index in [1.165, 1.54) is 10.9 Å². The first kappa shape index (κ1) is 16.3. The Hall–Kier alpha value is -3.21. The van der Waals surface area contributed by atoms with Crippen molar-refractivity contribution in [1.82, 2.24) is 19.5 Å². The van der Waals surface area contributed by atoms with Crippen LogP contribution in [0, 0.1) is 0 Å². The fourth-order valence-corrected chi connectivity index (χ4v) is 3.83. The van der Waals surface area contributed by atoms with E-state index in [4.69, 9.17) is 10.5 Å². The van der Waals surface area contributed by atoms with E-state index in [1.807, 2.05) is 0 Å². The number of H-pyrrole nitrogens is 1. The van der Waals surface area contributed by atoms with Gasteiger partial charge in [-0.3, -0.25) is 14.6 Å². The number of anilines is 1. The average molecular weight is 361 g/mol. The molecule has 1 aliphatic heterocycles. The topological polar surface area (TPSA) is 173 Å². The van der Waals surface area contributed by atoms with Gasteiger partial charge in [0.25, 0.3) is 5.56 Å². The Morgan fingerprint density at radius 2 is 2.23 bits per heavy atom. The Labute approximate surface area is 145 Å². The number of ether oxygens (including phenoxy) is 1. The Balaban J connectivity index is 1.92. The normalized spacial score (nSPS) is 27.5. The molecule has 11 heteroatoms. The number of hydrogen-bond acceptors (Lipinski definition) is 7. The standard InChI is InChI=1S/C15H15N5O6/c16-14-18-11-9(12(23)19-14)17-5-20(11)10-6-2-1-3-15(6,13(24)25)26-7(10)4-8(21)22/h2,5,7,10H,1,3-4H2,(H,21,22)(H,24,25)(H3,16,18,19,23)/t7-,10?,15-/m1/s1. The molecule has 2 aromatic heterocycles. The van der Waals surface area contributed by atoms with Gasteiger partial charge >= 0.3 is 11.9 Å². The molecule has 0 amide bonds. The molecule has 2 aromatic rings. The van der Waals surface area contributed by atoms with Gasteiger partial charge in [-0.1, -0.05) is 6.08 Å². The molecule has 0 aromatic carbocycles.